The molecule has 0 radical (unpaired) electrons. The van der Waals surface area contributed by atoms with Gasteiger partial charge in [-0.1, -0.05) is 18.2 Å². The molecule has 3 aromatic rings. The first kappa shape index (κ1) is 20.2. The Bertz CT molecular complexity index is 1240. The molecule has 0 atom stereocenters. The van der Waals surface area contributed by atoms with Gasteiger partial charge in [0.05, 0.1) is 16.6 Å². The van der Waals surface area contributed by atoms with Crippen molar-refractivity contribution in [2.45, 2.75) is 19.9 Å². The van der Waals surface area contributed by atoms with E-state index in [-0.39, 0.29) is 23.8 Å². The van der Waals surface area contributed by atoms with Gasteiger partial charge in [-0.25, -0.2) is 4.98 Å². The van der Waals surface area contributed by atoms with Gasteiger partial charge in [0.1, 0.15) is 5.82 Å². The topological polar surface area (TPSA) is 73.8 Å². The monoisotopic (exact) mass is 428 g/mol. The number of nitrogens with zero attached hydrogens (tertiary/aromatic N) is 4. The minimum atomic E-state index is -0.332. The fourth-order valence-corrected chi connectivity index (χ4v) is 4.41. The standard InChI is InChI=1S/C25H24N4O3/c1-16(2)29-24(31)19-9-7-18(15-20(19)25(29)32)23(30)28-13-11-27(12-14-28)22-10-8-17-5-3-4-6-21(17)26-22/h3-10,15-16H,11-14H2,1-2H3. The number of imide groups is 1. The minimum absolute atomic E-state index is 0.123. The molecule has 0 unspecified atom stereocenters. The van der Waals surface area contributed by atoms with Gasteiger partial charge in [-0.05, 0) is 50.2 Å². The molecule has 0 aliphatic carbocycles. The van der Waals surface area contributed by atoms with Gasteiger partial charge in [-0.3, -0.25) is 19.3 Å². The van der Waals surface area contributed by atoms with E-state index >= 15 is 0 Å². The Morgan fingerprint density at radius 2 is 1.59 bits per heavy atom. The lowest BCUT2D eigenvalue weighted by Gasteiger charge is -2.35. The molecule has 2 aliphatic heterocycles. The third-order valence-corrected chi connectivity index (χ3v) is 6.16. The molecule has 3 heterocycles. The molecule has 2 aliphatic rings. The molecule has 1 saturated heterocycles. The fraction of sp³-hybridized carbons (Fsp3) is 0.280. The molecule has 32 heavy (non-hydrogen) atoms. The first-order valence-electron chi connectivity index (χ1n) is 10.9. The van der Waals surface area contributed by atoms with Crippen LogP contribution in [0.3, 0.4) is 0 Å². The molecule has 1 fully saturated rings. The Balaban J connectivity index is 1.30. The highest BCUT2D eigenvalue weighted by molar-refractivity contribution is 6.22. The van der Waals surface area contributed by atoms with E-state index in [0.29, 0.717) is 42.9 Å². The summed E-state index contributed by atoms with van der Waals surface area (Å²) in [6.45, 7) is 6.10. The van der Waals surface area contributed by atoms with Crippen molar-refractivity contribution in [3.63, 3.8) is 0 Å². The molecule has 2 aromatic carbocycles. The van der Waals surface area contributed by atoms with E-state index in [2.05, 4.69) is 11.0 Å². The summed E-state index contributed by atoms with van der Waals surface area (Å²) >= 11 is 0. The summed E-state index contributed by atoms with van der Waals surface area (Å²) in [6.07, 6.45) is 0. The average Bonchev–Trinajstić information content (AvgIpc) is 3.08. The van der Waals surface area contributed by atoms with E-state index in [9.17, 15) is 14.4 Å². The number of anilines is 1. The summed E-state index contributed by atoms with van der Waals surface area (Å²) in [5, 5.41) is 1.10. The highest BCUT2D eigenvalue weighted by Crippen LogP contribution is 2.26. The first-order chi connectivity index (χ1) is 15.4. The van der Waals surface area contributed by atoms with Gasteiger partial charge in [0, 0.05) is 43.2 Å². The highest BCUT2D eigenvalue weighted by atomic mass is 16.2. The number of piperazine rings is 1. The van der Waals surface area contributed by atoms with Crippen molar-refractivity contribution in [1.82, 2.24) is 14.8 Å². The number of para-hydroxylation sites is 1. The number of benzene rings is 2. The molecule has 1 aromatic heterocycles. The molecular formula is C25H24N4O3. The predicted molar refractivity (Wildman–Crippen MR) is 122 cm³/mol. The van der Waals surface area contributed by atoms with Crippen LogP contribution in [-0.2, 0) is 0 Å². The van der Waals surface area contributed by atoms with Gasteiger partial charge < -0.3 is 9.80 Å². The largest absolute Gasteiger partial charge is 0.353 e. The number of carbonyl (C=O) groups is 3. The zero-order valence-corrected chi connectivity index (χ0v) is 18.1. The van der Waals surface area contributed by atoms with E-state index in [1.165, 1.54) is 4.90 Å². The van der Waals surface area contributed by atoms with Crippen molar-refractivity contribution < 1.29 is 14.4 Å². The smallest absolute Gasteiger partial charge is 0.261 e. The number of pyridine rings is 1. The predicted octanol–water partition coefficient (Wildman–Crippen LogP) is 3.20. The second-order valence-electron chi connectivity index (χ2n) is 8.48. The third-order valence-electron chi connectivity index (χ3n) is 6.16. The van der Waals surface area contributed by atoms with Crippen LogP contribution in [0.25, 0.3) is 10.9 Å². The van der Waals surface area contributed by atoms with Crippen LogP contribution in [0.15, 0.2) is 54.6 Å². The highest BCUT2D eigenvalue weighted by Gasteiger charge is 2.37. The number of carbonyl (C=O) groups excluding carboxylic acids is 3. The van der Waals surface area contributed by atoms with E-state index < -0.39 is 0 Å². The van der Waals surface area contributed by atoms with Gasteiger partial charge in [0.2, 0.25) is 0 Å². The number of amides is 3. The Labute approximate surface area is 186 Å². The van der Waals surface area contributed by atoms with Crippen molar-refractivity contribution >= 4 is 34.4 Å². The van der Waals surface area contributed by atoms with E-state index in [1.807, 2.05) is 30.3 Å². The van der Waals surface area contributed by atoms with Crippen LogP contribution < -0.4 is 4.90 Å². The maximum Gasteiger partial charge on any atom is 0.261 e. The maximum atomic E-state index is 13.1. The molecule has 0 spiro atoms. The minimum Gasteiger partial charge on any atom is -0.353 e. The van der Waals surface area contributed by atoms with Crippen LogP contribution in [0.2, 0.25) is 0 Å². The van der Waals surface area contributed by atoms with Gasteiger partial charge in [-0.15, -0.1) is 0 Å². The molecule has 7 heteroatoms. The summed E-state index contributed by atoms with van der Waals surface area (Å²) in [7, 11) is 0. The number of fused-ring (bicyclic) bond motifs is 2. The Hall–Kier alpha value is -3.74. The second-order valence-corrected chi connectivity index (χ2v) is 8.48. The van der Waals surface area contributed by atoms with Crippen LogP contribution >= 0.6 is 0 Å². The maximum absolute atomic E-state index is 13.1. The fourth-order valence-electron chi connectivity index (χ4n) is 4.41. The van der Waals surface area contributed by atoms with E-state index in [1.54, 1.807) is 36.9 Å². The Morgan fingerprint density at radius 1 is 0.875 bits per heavy atom. The van der Waals surface area contributed by atoms with Crippen molar-refractivity contribution in [3.05, 3.63) is 71.3 Å². The van der Waals surface area contributed by atoms with Crippen LogP contribution in [0, 0.1) is 0 Å². The zero-order valence-electron chi connectivity index (χ0n) is 18.1. The normalized spacial score (nSPS) is 16.3. The van der Waals surface area contributed by atoms with Crippen molar-refractivity contribution in [1.29, 1.82) is 0 Å². The summed E-state index contributed by atoms with van der Waals surface area (Å²) < 4.78 is 0. The quantitative estimate of drug-likeness (QED) is 0.599. The number of hydrogen-bond acceptors (Lipinski definition) is 5. The molecule has 7 nitrogen and oxygen atoms in total. The van der Waals surface area contributed by atoms with Crippen LogP contribution in [0.5, 0.6) is 0 Å². The van der Waals surface area contributed by atoms with Crippen LogP contribution in [0.4, 0.5) is 5.82 Å². The van der Waals surface area contributed by atoms with Crippen molar-refractivity contribution in [3.8, 4) is 0 Å². The molecule has 162 valence electrons. The molecule has 0 bridgehead atoms. The van der Waals surface area contributed by atoms with Crippen LogP contribution in [-0.4, -0.2) is 64.7 Å². The van der Waals surface area contributed by atoms with Gasteiger partial charge >= 0.3 is 0 Å². The Morgan fingerprint density at radius 3 is 2.34 bits per heavy atom. The molecule has 0 saturated carbocycles. The third kappa shape index (κ3) is 3.30. The molecule has 3 amide bonds. The second kappa shape index (κ2) is 7.75. The van der Waals surface area contributed by atoms with E-state index in [4.69, 9.17) is 4.98 Å². The van der Waals surface area contributed by atoms with Gasteiger partial charge in [-0.2, -0.15) is 0 Å². The molecule has 5 rings (SSSR count). The summed E-state index contributed by atoms with van der Waals surface area (Å²) in [5.41, 5.74) is 2.07. The summed E-state index contributed by atoms with van der Waals surface area (Å²) in [6, 6.07) is 16.7. The lowest BCUT2D eigenvalue weighted by Crippen LogP contribution is -2.49. The van der Waals surface area contributed by atoms with Crippen LogP contribution in [0.1, 0.15) is 44.9 Å². The van der Waals surface area contributed by atoms with E-state index in [0.717, 1.165) is 16.7 Å². The van der Waals surface area contributed by atoms with Gasteiger partial charge in [0.25, 0.3) is 17.7 Å². The van der Waals surface area contributed by atoms with Crippen molar-refractivity contribution in [2.24, 2.45) is 0 Å². The summed E-state index contributed by atoms with van der Waals surface area (Å²) in [5.74, 6) is 0.158. The molecular weight excluding hydrogens is 404 g/mol. The lowest BCUT2D eigenvalue weighted by molar-refractivity contribution is 0.0608. The zero-order chi connectivity index (χ0) is 22.4. The SMILES string of the molecule is CC(C)N1C(=O)c2ccc(C(=O)N3CCN(c4ccc5ccccc5n4)CC3)cc2C1=O. The number of aromatic nitrogens is 1. The van der Waals surface area contributed by atoms with Crippen molar-refractivity contribution in [2.75, 3.05) is 31.1 Å². The lowest BCUT2D eigenvalue weighted by atomic mass is 10.0. The molecule has 0 N–H and O–H groups in total. The average molecular weight is 428 g/mol. The van der Waals surface area contributed by atoms with Gasteiger partial charge in [0.15, 0.2) is 0 Å². The summed E-state index contributed by atoms with van der Waals surface area (Å²) in [4.78, 5) is 48.2. The first-order valence-corrected chi connectivity index (χ1v) is 10.9. The Kier molecular flexibility index (Phi) is 4.89. The number of hydrogen-bond donors (Lipinski definition) is 0. The number of rotatable bonds is 3.